The molecule has 4 fully saturated rings. The number of aliphatic hydroxyl groups excluding tert-OH is 1. The molecule has 4 heteroatoms. The van der Waals surface area contributed by atoms with Crippen LogP contribution in [-0.4, -0.2) is 40.1 Å². The molecule has 22 heavy (non-hydrogen) atoms. The molecule has 0 aromatic heterocycles. The van der Waals surface area contributed by atoms with Gasteiger partial charge in [-0.05, 0) is 75.0 Å². The normalized spacial score (nSPS) is 57.5. The van der Waals surface area contributed by atoms with Crippen LogP contribution in [0.2, 0.25) is 0 Å². The number of fused-ring (bicyclic) bond motifs is 3. The van der Waals surface area contributed by atoms with Gasteiger partial charge in [0, 0.05) is 12.1 Å². The smallest absolute Gasteiger partial charge is 0.240 e. The lowest BCUT2D eigenvalue weighted by Crippen LogP contribution is -2.59. The third-order valence-corrected chi connectivity index (χ3v) is 6.59. The van der Waals surface area contributed by atoms with Gasteiger partial charge in [-0.1, -0.05) is 6.92 Å². The summed E-state index contributed by atoms with van der Waals surface area (Å²) in [6, 6.07) is -2.59. The van der Waals surface area contributed by atoms with Crippen molar-refractivity contribution in [1.82, 2.24) is 4.90 Å². The van der Waals surface area contributed by atoms with E-state index in [1.807, 2.05) is 0 Å². The first-order valence-corrected chi connectivity index (χ1v) is 8.86. The predicted molar refractivity (Wildman–Crippen MR) is 85.0 cm³/mol. The first-order chi connectivity index (χ1) is 11.1. The van der Waals surface area contributed by atoms with Crippen LogP contribution in [-0.2, 0) is 4.79 Å². The molecule has 4 nitrogen and oxygen atoms in total. The fourth-order valence-corrected chi connectivity index (χ4v) is 5.84. The summed E-state index contributed by atoms with van der Waals surface area (Å²) in [6.07, 6.45) is 4.91. The van der Waals surface area contributed by atoms with Crippen LogP contribution in [0.15, 0.2) is 0 Å². The molecular weight excluding hydrogens is 276 g/mol. The van der Waals surface area contributed by atoms with Gasteiger partial charge in [0.2, 0.25) is 5.91 Å². The Hall–Kier alpha value is -0.610. The first-order valence-electron chi connectivity index (χ1n) is 9.86. The lowest BCUT2D eigenvalue weighted by Gasteiger charge is -2.52. The maximum absolute atomic E-state index is 13.3. The van der Waals surface area contributed by atoms with Gasteiger partial charge in [0.05, 0.1) is 14.9 Å². The Labute approximate surface area is 136 Å². The third kappa shape index (κ3) is 2.22. The average molecular weight is 308 g/mol. The number of carbonyl (C=O) groups excluding carboxylic acids is 1. The second kappa shape index (κ2) is 4.94. The van der Waals surface area contributed by atoms with Crippen LogP contribution >= 0.6 is 0 Å². The zero-order valence-electron chi connectivity index (χ0n) is 15.7. The van der Waals surface area contributed by atoms with Crippen LogP contribution in [0.3, 0.4) is 0 Å². The summed E-state index contributed by atoms with van der Waals surface area (Å²) in [5, 5.41) is 10.3. The predicted octanol–water partition coefficient (Wildman–Crippen LogP) is 1.90. The summed E-state index contributed by atoms with van der Waals surface area (Å²) in [5.74, 6) is 0.812. The van der Waals surface area contributed by atoms with Gasteiger partial charge in [0.15, 0.2) is 0 Å². The molecule has 3 aliphatic carbocycles. The minimum atomic E-state index is -1.75. The highest BCUT2D eigenvalue weighted by atomic mass is 16.3. The van der Waals surface area contributed by atoms with E-state index in [4.69, 9.17) is 8.48 Å². The summed E-state index contributed by atoms with van der Waals surface area (Å²) in [6.45, 7) is 3.94. The Kier molecular flexibility index (Phi) is 2.87. The summed E-state index contributed by atoms with van der Waals surface area (Å²) < 4.78 is 17.4. The lowest BCUT2D eigenvalue weighted by atomic mass is 9.55. The Bertz CT molecular complexity index is 546. The van der Waals surface area contributed by atoms with Crippen molar-refractivity contribution in [2.24, 2.45) is 28.9 Å². The van der Waals surface area contributed by atoms with Gasteiger partial charge in [0.1, 0.15) is 0 Å². The van der Waals surface area contributed by atoms with E-state index in [1.165, 1.54) is 0 Å². The fraction of sp³-hybridized carbons (Fsp3) is 0.944. The van der Waals surface area contributed by atoms with Crippen molar-refractivity contribution in [3.63, 3.8) is 0 Å². The maximum Gasteiger partial charge on any atom is 0.240 e. The van der Waals surface area contributed by atoms with Gasteiger partial charge < -0.3 is 15.7 Å². The van der Waals surface area contributed by atoms with Crippen molar-refractivity contribution in [3.05, 3.63) is 0 Å². The number of hydrogen-bond donors (Lipinski definition) is 2. The van der Waals surface area contributed by atoms with E-state index >= 15 is 0 Å². The van der Waals surface area contributed by atoms with Crippen molar-refractivity contribution in [1.29, 1.82) is 0 Å². The highest BCUT2D eigenvalue weighted by Gasteiger charge is 2.57. The highest BCUT2D eigenvalue weighted by Crippen LogP contribution is 2.54. The molecule has 0 aromatic carbocycles. The Morgan fingerprint density at radius 2 is 2.09 bits per heavy atom. The number of piperidine rings is 1. The minimum absolute atomic E-state index is 0.106. The van der Waals surface area contributed by atoms with Gasteiger partial charge in [0.25, 0.3) is 0 Å². The van der Waals surface area contributed by atoms with Crippen LogP contribution < -0.4 is 5.73 Å². The zero-order chi connectivity index (χ0) is 17.5. The van der Waals surface area contributed by atoms with Crippen LogP contribution in [0.4, 0.5) is 0 Å². The SMILES string of the molecule is [2H][C@@]1(C)C[C@@H]2C[C@@H]2N1C(=O)[C@@]([2H])(N)C12CC(C)CC(CC(O)C1)C2. The van der Waals surface area contributed by atoms with Crippen LogP contribution in [0.25, 0.3) is 0 Å². The molecular formula is C18H30N2O2. The number of nitrogens with two attached hydrogens (primary N) is 1. The Morgan fingerprint density at radius 1 is 1.32 bits per heavy atom. The monoisotopic (exact) mass is 308 g/mol. The van der Waals surface area contributed by atoms with Crippen LogP contribution in [0.1, 0.15) is 61.5 Å². The largest absolute Gasteiger partial charge is 0.393 e. The minimum Gasteiger partial charge on any atom is -0.393 e. The summed E-state index contributed by atoms with van der Waals surface area (Å²) in [4.78, 5) is 14.9. The summed E-state index contributed by atoms with van der Waals surface area (Å²) in [7, 11) is 0. The number of nitrogens with zero attached hydrogens (tertiary/aromatic N) is 1. The van der Waals surface area contributed by atoms with Gasteiger partial charge in [-0.2, -0.15) is 0 Å². The van der Waals surface area contributed by atoms with Crippen molar-refractivity contribution >= 4 is 5.91 Å². The van der Waals surface area contributed by atoms with Gasteiger partial charge in [-0.15, -0.1) is 0 Å². The van der Waals surface area contributed by atoms with Crippen molar-refractivity contribution in [3.8, 4) is 0 Å². The quantitative estimate of drug-likeness (QED) is 0.819. The van der Waals surface area contributed by atoms with E-state index in [2.05, 4.69) is 6.92 Å². The van der Waals surface area contributed by atoms with Gasteiger partial charge in [-0.25, -0.2) is 0 Å². The number of amides is 1. The van der Waals surface area contributed by atoms with Crippen LogP contribution in [0, 0.1) is 23.2 Å². The van der Waals surface area contributed by atoms with E-state index < -0.39 is 23.6 Å². The molecule has 1 aliphatic heterocycles. The molecule has 124 valence electrons. The summed E-state index contributed by atoms with van der Waals surface area (Å²) >= 11 is 0. The molecule has 0 spiro atoms. The maximum atomic E-state index is 13.3. The molecule has 2 bridgehead atoms. The number of aliphatic hydroxyl groups is 1. The van der Waals surface area contributed by atoms with Crippen molar-refractivity contribution in [2.75, 3.05) is 0 Å². The molecule has 4 aliphatic rings. The molecule has 0 radical (unpaired) electrons. The molecule has 8 atom stereocenters. The standard InChI is InChI=1S/C18H30N2O2/c1-10-3-12-5-14(21)9-18(7-10,8-12)16(19)17(22)20-11(2)4-13-6-15(13)20/h10-16,21H,3-9,19H2,1-2H3/t10?,11-,12?,13-,14?,15+,16-,18?/m1/s1/i11D,16D. The number of hydrogen-bond acceptors (Lipinski definition) is 3. The molecule has 1 heterocycles. The lowest BCUT2D eigenvalue weighted by molar-refractivity contribution is -0.142. The molecule has 3 N–H and O–H groups in total. The molecule has 1 saturated heterocycles. The molecule has 0 aromatic rings. The molecule has 4 unspecified atom stereocenters. The van der Waals surface area contributed by atoms with Gasteiger partial charge >= 0.3 is 0 Å². The molecule has 4 rings (SSSR count). The average Bonchev–Trinajstić information content (AvgIpc) is 3.08. The van der Waals surface area contributed by atoms with Gasteiger partial charge in [-0.3, -0.25) is 4.79 Å². The Morgan fingerprint density at radius 3 is 2.77 bits per heavy atom. The second-order valence-electron chi connectivity index (χ2n) is 8.58. The second-order valence-corrected chi connectivity index (χ2v) is 8.58. The van der Waals surface area contributed by atoms with Crippen molar-refractivity contribution < 1.29 is 12.6 Å². The summed E-state index contributed by atoms with van der Waals surface area (Å²) in [5.41, 5.74) is 5.80. The van der Waals surface area contributed by atoms with E-state index in [0.717, 1.165) is 32.1 Å². The van der Waals surface area contributed by atoms with E-state index in [1.54, 1.807) is 11.8 Å². The fourth-order valence-electron chi connectivity index (χ4n) is 5.84. The molecule has 3 saturated carbocycles. The topological polar surface area (TPSA) is 66.6 Å². The number of carbonyl (C=O) groups is 1. The van der Waals surface area contributed by atoms with Crippen molar-refractivity contribution in [2.45, 2.75) is 83.0 Å². The van der Waals surface area contributed by atoms with E-state index in [-0.39, 0.29) is 11.9 Å². The third-order valence-electron chi connectivity index (χ3n) is 6.59. The van der Waals surface area contributed by atoms with E-state index in [0.29, 0.717) is 30.6 Å². The van der Waals surface area contributed by atoms with E-state index in [9.17, 15) is 9.90 Å². The molecule has 1 amide bonds. The Balaban J connectivity index is 1.66. The number of likely N-dealkylation sites (tertiary alicyclic amines) is 1. The van der Waals surface area contributed by atoms with Crippen LogP contribution in [0.5, 0.6) is 0 Å². The zero-order valence-corrected chi connectivity index (χ0v) is 13.7. The first kappa shape index (κ1) is 12.8. The number of rotatable bonds is 2. The highest BCUT2D eigenvalue weighted by molar-refractivity contribution is 5.84.